The van der Waals surface area contributed by atoms with E-state index < -0.39 is 0 Å². The average molecular weight is 311 g/mol. The number of fused-ring (bicyclic) bond motifs is 1. The molecule has 0 atom stereocenters. The first-order valence-electron chi connectivity index (χ1n) is 7.37. The number of hydrogen-bond acceptors (Lipinski definition) is 5. The zero-order valence-corrected chi connectivity index (χ0v) is 12.8. The Morgan fingerprint density at radius 1 is 1.04 bits per heavy atom. The summed E-state index contributed by atoms with van der Waals surface area (Å²) in [6.45, 7) is 0.958. The molecule has 0 aliphatic carbocycles. The Bertz CT molecular complexity index is 844. The molecule has 0 spiro atoms. The van der Waals surface area contributed by atoms with Gasteiger partial charge in [0, 0.05) is 13.0 Å². The molecule has 0 radical (unpaired) electrons. The minimum absolute atomic E-state index is 0.125. The number of methoxy groups -OCH3 is 1. The quantitative estimate of drug-likeness (QED) is 0.653. The minimum atomic E-state index is -0.125. The molecular weight excluding hydrogens is 294 g/mol. The van der Waals surface area contributed by atoms with E-state index >= 15 is 0 Å². The average Bonchev–Trinajstić information content (AvgIpc) is 2.61. The fraction of sp³-hybridized carbons (Fsp3) is 0.235. The molecule has 0 aliphatic rings. The highest BCUT2D eigenvalue weighted by atomic mass is 16.5. The van der Waals surface area contributed by atoms with Crippen LogP contribution in [0.2, 0.25) is 0 Å². The first kappa shape index (κ1) is 15.0. The van der Waals surface area contributed by atoms with Crippen molar-refractivity contribution < 1.29 is 9.47 Å². The van der Waals surface area contributed by atoms with E-state index in [1.54, 1.807) is 19.2 Å². The smallest absolute Gasteiger partial charge is 0.277 e. The predicted octanol–water partition coefficient (Wildman–Crippen LogP) is 2.27. The summed E-state index contributed by atoms with van der Waals surface area (Å²) in [4.78, 5) is 12.3. The Labute approximate surface area is 133 Å². The molecule has 23 heavy (non-hydrogen) atoms. The first-order valence-corrected chi connectivity index (χ1v) is 7.37. The van der Waals surface area contributed by atoms with Gasteiger partial charge in [0.2, 0.25) is 0 Å². The number of benzene rings is 2. The highest BCUT2D eigenvalue weighted by Gasteiger charge is 2.04. The lowest BCUT2D eigenvalue weighted by molar-refractivity contribution is 0.295. The van der Waals surface area contributed by atoms with Crippen LogP contribution in [0.25, 0.3) is 10.9 Å². The van der Waals surface area contributed by atoms with Crippen LogP contribution in [-0.2, 0) is 6.54 Å². The highest BCUT2D eigenvalue weighted by Crippen LogP contribution is 2.17. The third-order valence-electron chi connectivity index (χ3n) is 3.47. The summed E-state index contributed by atoms with van der Waals surface area (Å²) in [6.07, 6.45) is 0.666. The van der Waals surface area contributed by atoms with Crippen molar-refractivity contribution >= 4 is 10.9 Å². The molecule has 0 unspecified atom stereocenters. The maximum absolute atomic E-state index is 12.3. The summed E-state index contributed by atoms with van der Waals surface area (Å²) in [7, 11) is 1.62. The number of aryl methyl sites for hydroxylation is 1. The SMILES string of the molecule is COc1ccc(OCCCn2nnc3ccccc3c2=O)cc1. The third kappa shape index (κ3) is 3.48. The van der Waals surface area contributed by atoms with Gasteiger partial charge in [-0.25, -0.2) is 4.68 Å². The molecule has 1 heterocycles. The second kappa shape index (κ2) is 6.91. The molecule has 0 N–H and O–H groups in total. The lowest BCUT2D eigenvalue weighted by atomic mass is 10.2. The zero-order valence-electron chi connectivity index (χ0n) is 12.8. The molecule has 0 saturated carbocycles. The molecule has 2 aromatic carbocycles. The maximum atomic E-state index is 12.3. The van der Waals surface area contributed by atoms with Gasteiger partial charge in [-0.2, -0.15) is 0 Å². The van der Waals surface area contributed by atoms with Crippen molar-refractivity contribution in [3.05, 3.63) is 58.9 Å². The second-order valence-corrected chi connectivity index (χ2v) is 5.01. The van der Waals surface area contributed by atoms with Crippen LogP contribution in [0.1, 0.15) is 6.42 Å². The van der Waals surface area contributed by atoms with Crippen LogP contribution in [0, 0.1) is 0 Å². The molecule has 1 aromatic heterocycles. The summed E-state index contributed by atoms with van der Waals surface area (Å²) in [6, 6.07) is 14.6. The maximum Gasteiger partial charge on any atom is 0.277 e. The van der Waals surface area contributed by atoms with Gasteiger partial charge in [0.05, 0.1) is 19.1 Å². The van der Waals surface area contributed by atoms with E-state index in [-0.39, 0.29) is 5.56 Å². The molecule has 3 rings (SSSR count). The topological polar surface area (TPSA) is 66.2 Å². The summed E-state index contributed by atoms with van der Waals surface area (Å²) < 4.78 is 12.1. The van der Waals surface area contributed by atoms with Gasteiger partial charge >= 0.3 is 0 Å². The summed E-state index contributed by atoms with van der Waals surface area (Å²) in [5.41, 5.74) is 0.489. The van der Waals surface area contributed by atoms with E-state index in [0.717, 1.165) is 11.5 Å². The van der Waals surface area contributed by atoms with Crippen molar-refractivity contribution in [3.63, 3.8) is 0 Å². The number of hydrogen-bond donors (Lipinski definition) is 0. The Balaban J connectivity index is 1.58. The van der Waals surface area contributed by atoms with Gasteiger partial charge < -0.3 is 9.47 Å². The predicted molar refractivity (Wildman–Crippen MR) is 86.9 cm³/mol. The van der Waals surface area contributed by atoms with Crippen LogP contribution in [-0.4, -0.2) is 28.7 Å². The lowest BCUT2D eigenvalue weighted by Gasteiger charge is -2.08. The molecule has 118 valence electrons. The molecule has 3 aromatic rings. The van der Waals surface area contributed by atoms with Crippen LogP contribution in [0.5, 0.6) is 11.5 Å². The zero-order chi connectivity index (χ0) is 16.1. The van der Waals surface area contributed by atoms with Crippen molar-refractivity contribution in [1.29, 1.82) is 0 Å². The van der Waals surface area contributed by atoms with Gasteiger partial charge in [0.1, 0.15) is 17.0 Å². The van der Waals surface area contributed by atoms with Crippen molar-refractivity contribution in [3.8, 4) is 11.5 Å². The Hall–Kier alpha value is -2.89. The summed E-state index contributed by atoms with van der Waals surface area (Å²) >= 11 is 0. The van der Waals surface area contributed by atoms with Gasteiger partial charge in [-0.3, -0.25) is 4.79 Å². The third-order valence-corrected chi connectivity index (χ3v) is 3.47. The van der Waals surface area contributed by atoms with Crippen LogP contribution in [0.3, 0.4) is 0 Å². The molecule has 0 fully saturated rings. The number of aromatic nitrogens is 3. The van der Waals surface area contributed by atoms with Gasteiger partial charge in [0.25, 0.3) is 5.56 Å². The Morgan fingerprint density at radius 2 is 1.78 bits per heavy atom. The molecule has 6 heteroatoms. The van der Waals surface area contributed by atoms with E-state index in [0.29, 0.717) is 30.5 Å². The number of rotatable bonds is 6. The lowest BCUT2D eigenvalue weighted by Crippen LogP contribution is -2.25. The van der Waals surface area contributed by atoms with Crippen LogP contribution in [0.4, 0.5) is 0 Å². The standard InChI is InChI=1S/C17H17N3O3/c1-22-13-7-9-14(10-8-13)23-12-4-11-20-17(21)15-5-2-3-6-16(15)18-19-20/h2-3,5-10H,4,11-12H2,1H3. The molecule has 0 aliphatic heterocycles. The minimum Gasteiger partial charge on any atom is -0.497 e. The summed E-state index contributed by atoms with van der Waals surface area (Å²) in [5.74, 6) is 1.55. The Morgan fingerprint density at radius 3 is 2.57 bits per heavy atom. The first-order chi connectivity index (χ1) is 11.3. The van der Waals surface area contributed by atoms with Crippen molar-refractivity contribution in [2.75, 3.05) is 13.7 Å². The summed E-state index contributed by atoms with van der Waals surface area (Å²) in [5, 5.41) is 8.59. The second-order valence-electron chi connectivity index (χ2n) is 5.01. The van der Waals surface area contributed by atoms with E-state index in [1.165, 1.54) is 4.68 Å². The van der Waals surface area contributed by atoms with Crippen LogP contribution >= 0.6 is 0 Å². The van der Waals surface area contributed by atoms with Crippen LogP contribution < -0.4 is 15.0 Å². The van der Waals surface area contributed by atoms with Gasteiger partial charge in [-0.05, 0) is 36.4 Å². The van der Waals surface area contributed by atoms with Gasteiger partial charge in [-0.15, -0.1) is 5.10 Å². The van der Waals surface area contributed by atoms with Crippen LogP contribution in [0.15, 0.2) is 53.3 Å². The molecular formula is C17H17N3O3. The number of ether oxygens (including phenoxy) is 2. The number of nitrogens with zero attached hydrogens (tertiary/aromatic N) is 3. The van der Waals surface area contributed by atoms with Crippen molar-refractivity contribution in [2.45, 2.75) is 13.0 Å². The highest BCUT2D eigenvalue weighted by molar-refractivity contribution is 5.76. The molecule has 0 saturated heterocycles. The fourth-order valence-corrected chi connectivity index (χ4v) is 2.25. The van der Waals surface area contributed by atoms with E-state index in [4.69, 9.17) is 9.47 Å². The van der Waals surface area contributed by atoms with E-state index in [1.807, 2.05) is 36.4 Å². The monoisotopic (exact) mass is 311 g/mol. The Kier molecular flexibility index (Phi) is 4.52. The van der Waals surface area contributed by atoms with E-state index in [2.05, 4.69) is 10.3 Å². The van der Waals surface area contributed by atoms with Crippen molar-refractivity contribution in [1.82, 2.24) is 15.0 Å². The molecule has 6 nitrogen and oxygen atoms in total. The van der Waals surface area contributed by atoms with Crippen molar-refractivity contribution in [2.24, 2.45) is 0 Å². The normalized spacial score (nSPS) is 10.7. The molecule has 0 bridgehead atoms. The molecule has 0 amide bonds. The van der Waals surface area contributed by atoms with Gasteiger partial charge in [0.15, 0.2) is 0 Å². The van der Waals surface area contributed by atoms with E-state index in [9.17, 15) is 4.79 Å². The van der Waals surface area contributed by atoms with Gasteiger partial charge in [-0.1, -0.05) is 17.3 Å². The largest absolute Gasteiger partial charge is 0.497 e. The fourth-order valence-electron chi connectivity index (χ4n) is 2.25.